The maximum atomic E-state index is 15.0. The minimum Gasteiger partial charge on any atom is -0.497 e. The number of hydrogen-bond acceptors (Lipinski definition) is 7. The Morgan fingerprint density at radius 2 is 1.45 bits per heavy atom. The molecule has 6 aliphatic rings. The number of amides is 1. The number of hydrogen-bond donors (Lipinski definition) is 2. The molecule has 0 radical (unpaired) electrons. The average molecular weight is 822 g/mol. The van der Waals surface area contributed by atoms with Gasteiger partial charge in [0.1, 0.15) is 17.2 Å². The van der Waals surface area contributed by atoms with Gasteiger partial charge in [0.05, 0.1) is 25.4 Å². The van der Waals surface area contributed by atoms with Gasteiger partial charge in [-0.15, -0.1) is 13.2 Å². The second-order valence-electron chi connectivity index (χ2n) is 18.3. The third-order valence-electron chi connectivity index (χ3n) is 15.5. The fourth-order valence-electron chi connectivity index (χ4n) is 12.4. The number of halogens is 3. The number of Topliss-reactive ketones (excluding diaryl/α,β-unsaturated/α-hetero) is 1. The summed E-state index contributed by atoms with van der Waals surface area (Å²) in [5.74, 6) is 0.378. The predicted octanol–water partition coefficient (Wildman–Crippen LogP) is 10.2. The molecule has 2 spiro atoms. The molecule has 2 bridgehead atoms. The third kappa shape index (κ3) is 6.33. The Morgan fingerprint density at radius 1 is 0.800 bits per heavy atom. The minimum atomic E-state index is -4.86. The van der Waals surface area contributed by atoms with Crippen LogP contribution in [0.1, 0.15) is 74.7 Å². The van der Waals surface area contributed by atoms with E-state index in [0.717, 1.165) is 23.6 Å². The number of rotatable bonds is 9. The van der Waals surface area contributed by atoms with Crippen molar-refractivity contribution in [2.45, 2.75) is 83.4 Å². The number of ketones is 1. The number of carbonyl (C=O) groups is 2. The molecule has 8 atom stereocenters. The Hall–Kier alpha value is -5.13. The number of aliphatic hydroxyl groups excluding tert-OH is 1. The van der Waals surface area contributed by atoms with Crippen LogP contribution in [0, 0.1) is 33.5 Å². The molecule has 3 saturated carbocycles. The zero-order valence-electron chi connectivity index (χ0n) is 34.0. The first kappa shape index (κ1) is 40.3. The van der Waals surface area contributed by atoms with Gasteiger partial charge in [0.2, 0.25) is 0 Å². The van der Waals surface area contributed by atoms with Crippen molar-refractivity contribution in [3.8, 4) is 17.2 Å². The number of carbonyl (C=O) groups excluding carboxylic acids is 2. The molecule has 4 aromatic rings. The van der Waals surface area contributed by atoms with E-state index in [4.69, 9.17) is 9.47 Å². The highest BCUT2D eigenvalue weighted by atomic mass is 19.4. The Kier molecular flexibility index (Phi) is 9.55. The zero-order chi connectivity index (χ0) is 42.3. The number of fused-ring (bicyclic) bond motifs is 2. The number of benzene rings is 4. The highest BCUT2D eigenvalue weighted by Gasteiger charge is 2.74. The fourth-order valence-corrected chi connectivity index (χ4v) is 12.4. The summed E-state index contributed by atoms with van der Waals surface area (Å²) in [6, 6.07) is 25.5. The lowest BCUT2D eigenvalue weighted by atomic mass is 9.32. The van der Waals surface area contributed by atoms with Gasteiger partial charge in [0.25, 0.3) is 0 Å². The number of alkyl halides is 3. The van der Waals surface area contributed by atoms with Gasteiger partial charge in [-0.25, -0.2) is 4.79 Å². The maximum absolute atomic E-state index is 15.0. The Labute approximate surface area is 347 Å². The van der Waals surface area contributed by atoms with Gasteiger partial charge >= 0.3 is 12.5 Å². The van der Waals surface area contributed by atoms with E-state index in [1.165, 1.54) is 29.2 Å². The Morgan fingerprint density at radius 3 is 2.17 bits per heavy atom. The standard InChI is InChI=1S/C49H50F3NO7/c1-44-21-18-35(54)27-46(44)24-25-48(39(28-46)42(55)33-11-15-36(58-3)16-12-33)40(44)19-22-45(2)41(48)20-23-47(45,57)30-53(29-31-8-13-37(14-9-31)60-49(50,51)52)43(56)59-38-17-10-32-6-4-5-7-34(32)26-38/h4-17,24-26,28,35,40-41,54,57H,18-23,27,29-30H2,1-3H3/t35?,40-,41-,44-,45+,46+,47-,48-/m1/s1. The quantitative estimate of drug-likeness (QED) is 0.128. The molecule has 314 valence electrons. The second-order valence-corrected chi connectivity index (χ2v) is 18.3. The Bertz CT molecular complexity index is 2400. The molecule has 0 aromatic heterocycles. The van der Waals surface area contributed by atoms with E-state index in [9.17, 15) is 33.0 Å². The van der Waals surface area contributed by atoms with E-state index in [1.54, 1.807) is 43.5 Å². The molecule has 11 heteroatoms. The van der Waals surface area contributed by atoms with Crippen molar-refractivity contribution in [2.75, 3.05) is 13.7 Å². The van der Waals surface area contributed by atoms with Crippen molar-refractivity contribution >= 4 is 22.6 Å². The lowest BCUT2D eigenvalue weighted by Crippen LogP contribution is -2.67. The first-order chi connectivity index (χ1) is 28.5. The van der Waals surface area contributed by atoms with Crippen molar-refractivity contribution in [1.82, 2.24) is 4.90 Å². The van der Waals surface area contributed by atoms with Crippen LogP contribution in [0.2, 0.25) is 0 Å². The van der Waals surface area contributed by atoms with E-state index in [-0.39, 0.29) is 41.9 Å². The number of allylic oxidation sites excluding steroid dienone is 4. The van der Waals surface area contributed by atoms with Crippen LogP contribution in [0.5, 0.6) is 17.2 Å². The molecule has 6 aliphatic carbocycles. The van der Waals surface area contributed by atoms with Gasteiger partial charge < -0.3 is 29.3 Å². The minimum absolute atomic E-state index is 0.0561. The first-order valence-corrected chi connectivity index (χ1v) is 20.8. The molecule has 3 fully saturated rings. The fraction of sp³-hybridized carbons (Fsp3) is 0.429. The molecular formula is C49H50F3NO7. The summed E-state index contributed by atoms with van der Waals surface area (Å²) in [6.45, 7) is 4.25. The van der Waals surface area contributed by atoms with Gasteiger partial charge in [-0.1, -0.05) is 74.5 Å². The van der Waals surface area contributed by atoms with Crippen LogP contribution in [0.15, 0.2) is 115 Å². The van der Waals surface area contributed by atoms with E-state index < -0.39 is 40.4 Å². The first-order valence-electron chi connectivity index (χ1n) is 20.8. The molecule has 0 saturated heterocycles. The summed E-state index contributed by atoms with van der Waals surface area (Å²) in [6.07, 6.45) is 4.94. The summed E-state index contributed by atoms with van der Waals surface area (Å²) >= 11 is 0. The van der Waals surface area contributed by atoms with Gasteiger partial charge in [-0.2, -0.15) is 0 Å². The monoisotopic (exact) mass is 821 g/mol. The van der Waals surface area contributed by atoms with Gasteiger partial charge in [-0.05, 0) is 127 Å². The van der Waals surface area contributed by atoms with E-state index in [0.29, 0.717) is 60.3 Å². The average Bonchev–Trinajstić information content (AvgIpc) is 3.50. The molecule has 0 aliphatic heterocycles. The normalized spacial score (nSPS) is 32.7. The molecular weight excluding hydrogens is 772 g/mol. The van der Waals surface area contributed by atoms with Crippen molar-refractivity contribution in [2.24, 2.45) is 33.5 Å². The smallest absolute Gasteiger partial charge is 0.497 e. The summed E-state index contributed by atoms with van der Waals surface area (Å²) in [4.78, 5) is 30.8. The lowest BCUT2D eigenvalue weighted by molar-refractivity contribution is -0.274. The van der Waals surface area contributed by atoms with Crippen LogP contribution >= 0.6 is 0 Å². The van der Waals surface area contributed by atoms with E-state index in [2.05, 4.69) is 36.8 Å². The van der Waals surface area contributed by atoms with E-state index >= 15 is 0 Å². The van der Waals surface area contributed by atoms with Crippen LogP contribution in [0.25, 0.3) is 10.8 Å². The lowest BCUT2D eigenvalue weighted by Gasteiger charge is -2.71. The predicted molar refractivity (Wildman–Crippen MR) is 219 cm³/mol. The summed E-state index contributed by atoms with van der Waals surface area (Å²) in [7, 11) is 1.58. The summed E-state index contributed by atoms with van der Waals surface area (Å²) in [5.41, 5.74) is -1.89. The number of methoxy groups -OCH3 is 1. The van der Waals surface area contributed by atoms with Crippen LogP contribution in [-0.2, 0) is 6.54 Å². The third-order valence-corrected chi connectivity index (χ3v) is 15.5. The second kappa shape index (κ2) is 14.2. The molecule has 10 rings (SSSR count). The topological polar surface area (TPSA) is 106 Å². The van der Waals surface area contributed by atoms with Gasteiger partial charge in [-0.3, -0.25) is 4.79 Å². The van der Waals surface area contributed by atoms with Crippen molar-refractivity contribution in [3.63, 3.8) is 0 Å². The maximum Gasteiger partial charge on any atom is 0.573 e. The highest BCUT2D eigenvalue weighted by Crippen LogP contribution is 2.78. The number of aliphatic hydroxyl groups is 2. The molecule has 0 heterocycles. The van der Waals surface area contributed by atoms with Crippen molar-refractivity contribution in [1.29, 1.82) is 0 Å². The Balaban J connectivity index is 1.08. The van der Waals surface area contributed by atoms with Gasteiger partial charge in [0, 0.05) is 33.9 Å². The molecule has 1 amide bonds. The van der Waals surface area contributed by atoms with E-state index in [1.807, 2.05) is 30.3 Å². The molecule has 4 aromatic carbocycles. The van der Waals surface area contributed by atoms with Crippen LogP contribution in [-0.4, -0.2) is 58.7 Å². The number of ether oxygens (including phenoxy) is 3. The summed E-state index contributed by atoms with van der Waals surface area (Å²) in [5, 5.41) is 26.1. The van der Waals surface area contributed by atoms with Crippen LogP contribution in [0.3, 0.4) is 0 Å². The zero-order valence-corrected chi connectivity index (χ0v) is 34.0. The molecule has 8 nitrogen and oxygen atoms in total. The molecule has 1 unspecified atom stereocenters. The van der Waals surface area contributed by atoms with Crippen molar-refractivity contribution < 1.29 is 47.2 Å². The van der Waals surface area contributed by atoms with Crippen molar-refractivity contribution in [3.05, 3.63) is 126 Å². The van der Waals surface area contributed by atoms with Crippen LogP contribution < -0.4 is 14.2 Å². The molecule has 2 N–H and O–H groups in total. The summed E-state index contributed by atoms with van der Waals surface area (Å²) < 4.78 is 54.5. The SMILES string of the molecule is COc1ccc(C(=O)C2=C[C@@]34C=C[C@@]25[C@@H]2CC[C@@](O)(CN(Cc6ccc(OC(F)(F)F)cc6)C(=O)Oc6ccc7ccccc7c6)[C@@]2(C)CC[C@@H]5[C@@]3(C)CCC(O)C4)cc1. The largest absolute Gasteiger partial charge is 0.573 e. The molecule has 60 heavy (non-hydrogen) atoms. The highest BCUT2D eigenvalue weighted by molar-refractivity contribution is 6.10. The van der Waals surface area contributed by atoms with Gasteiger partial charge in [0.15, 0.2) is 5.78 Å². The number of nitrogens with zero attached hydrogens (tertiary/aromatic N) is 1. The van der Waals surface area contributed by atoms with Crippen LogP contribution in [0.4, 0.5) is 18.0 Å².